The van der Waals surface area contributed by atoms with Gasteiger partial charge in [-0.05, 0) is 24.8 Å². The Hall–Kier alpha value is -1.13. The Morgan fingerprint density at radius 2 is 2.18 bits per heavy atom. The van der Waals surface area contributed by atoms with Crippen LogP contribution < -0.4 is 5.43 Å². The molecule has 0 bridgehead atoms. The zero-order chi connectivity index (χ0) is 11.8. The van der Waals surface area contributed by atoms with Gasteiger partial charge in [-0.3, -0.25) is 5.43 Å². The van der Waals surface area contributed by atoms with Gasteiger partial charge in [0.15, 0.2) is 0 Å². The molecule has 4 heteroatoms. The van der Waals surface area contributed by atoms with Gasteiger partial charge in [-0.15, -0.1) is 0 Å². The van der Waals surface area contributed by atoms with Crippen molar-refractivity contribution in [2.45, 2.75) is 44.2 Å². The van der Waals surface area contributed by atoms with E-state index in [2.05, 4.69) is 10.4 Å². The molecular weight excluding hydrogens is 216 g/mol. The average molecular weight is 234 g/mol. The highest BCUT2D eigenvalue weighted by atomic mass is 16.4. The van der Waals surface area contributed by atoms with E-state index in [-0.39, 0.29) is 6.04 Å². The van der Waals surface area contributed by atoms with Gasteiger partial charge in [0.2, 0.25) is 0 Å². The fraction of sp³-hybridized carbons (Fsp3) is 0.615. The van der Waals surface area contributed by atoms with Gasteiger partial charge < -0.3 is 5.11 Å². The Bertz CT molecular complexity index is 394. The Labute approximate surface area is 101 Å². The summed E-state index contributed by atoms with van der Waals surface area (Å²) in [7, 11) is 0. The van der Waals surface area contributed by atoms with Crippen LogP contribution in [0, 0.1) is 0 Å². The van der Waals surface area contributed by atoms with Crippen molar-refractivity contribution in [3.63, 3.8) is 0 Å². The number of carboxylic acid groups (broad SMARTS) is 1. The Morgan fingerprint density at radius 3 is 2.88 bits per heavy atom. The zero-order valence-corrected chi connectivity index (χ0v) is 9.85. The maximum absolute atomic E-state index is 11.2. The van der Waals surface area contributed by atoms with E-state index < -0.39 is 5.97 Å². The van der Waals surface area contributed by atoms with E-state index in [1.807, 2.05) is 6.08 Å². The van der Waals surface area contributed by atoms with Gasteiger partial charge in [0.05, 0.1) is 11.6 Å². The number of hydrogen-bond donors (Lipinski definition) is 2. The van der Waals surface area contributed by atoms with Crippen molar-refractivity contribution >= 4 is 5.97 Å². The Kier molecular flexibility index (Phi) is 2.76. The standard InChI is InChI=1S/C13H18N2O2/c16-13(17)10-6-3-7-12-11(10)8-14-15(12)9-4-1-2-5-9/h3,6,9,12,14H,1-2,4-5,7-8H2,(H,16,17). The molecule has 4 nitrogen and oxygen atoms in total. The first-order valence-corrected chi connectivity index (χ1v) is 6.42. The minimum Gasteiger partial charge on any atom is -0.478 e. The number of carbonyl (C=O) groups is 1. The molecule has 2 N–H and O–H groups in total. The quantitative estimate of drug-likeness (QED) is 0.759. The summed E-state index contributed by atoms with van der Waals surface area (Å²) in [6, 6.07) is 0.869. The van der Waals surface area contributed by atoms with E-state index in [4.69, 9.17) is 0 Å². The second-order valence-corrected chi connectivity index (χ2v) is 5.08. The van der Waals surface area contributed by atoms with E-state index in [0.29, 0.717) is 18.2 Å². The summed E-state index contributed by atoms with van der Waals surface area (Å²) in [5.41, 5.74) is 4.95. The highest BCUT2D eigenvalue weighted by molar-refractivity contribution is 5.91. The second-order valence-electron chi connectivity index (χ2n) is 5.08. The molecule has 92 valence electrons. The van der Waals surface area contributed by atoms with Gasteiger partial charge in [0.25, 0.3) is 0 Å². The third kappa shape index (κ3) is 1.81. The minimum absolute atomic E-state index is 0.272. The number of nitrogens with one attached hydrogen (secondary N) is 1. The molecule has 0 aromatic heterocycles. The molecule has 17 heavy (non-hydrogen) atoms. The first kappa shape index (κ1) is 11.0. The third-order valence-corrected chi connectivity index (χ3v) is 4.13. The van der Waals surface area contributed by atoms with Crippen LogP contribution in [0.1, 0.15) is 32.1 Å². The Morgan fingerprint density at radius 1 is 1.41 bits per heavy atom. The monoisotopic (exact) mass is 234 g/mol. The highest BCUT2D eigenvalue weighted by Crippen LogP contribution is 2.33. The van der Waals surface area contributed by atoms with Crippen LogP contribution in [0.25, 0.3) is 0 Å². The molecule has 1 heterocycles. The van der Waals surface area contributed by atoms with Crippen molar-refractivity contribution in [3.8, 4) is 0 Å². The molecule has 3 aliphatic rings. The van der Waals surface area contributed by atoms with Crippen LogP contribution in [0.4, 0.5) is 0 Å². The number of hydrazine groups is 1. The lowest BCUT2D eigenvalue weighted by atomic mass is 9.93. The van der Waals surface area contributed by atoms with Gasteiger partial charge in [0, 0.05) is 12.6 Å². The first-order chi connectivity index (χ1) is 8.27. The number of aliphatic carboxylic acids is 1. The van der Waals surface area contributed by atoms with E-state index in [9.17, 15) is 9.90 Å². The van der Waals surface area contributed by atoms with Crippen molar-refractivity contribution in [1.29, 1.82) is 0 Å². The molecular formula is C13H18N2O2. The van der Waals surface area contributed by atoms with E-state index in [0.717, 1.165) is 12.0 Å². The molecule has 0 spiro atoms. The fourth-order valence-corrected chi connectivity index (χ4v) is 3.30. The number of carboxylic acids is 1. The van der Waals surface area contributed by atoms with Crippen LogP contribution >= 0.6 is 0 Å². The van der Waals surface area contributed by atoms with Crippen LogP contribution in [0.15, 0.2) is 23.3 Å². The summed E-state index contributed by atoms with van der Waals surface area (Å²) in [6.45, 7) is 0.702. The van der Waals surface area contributed by atoms with Gasteiger partial charge in [-0.1, -0.05) is 25.0 Å². The maximum Gasteiger partial charge on any atom is 0.335 e. The normalized spacial score (nSPS) is 30.0. The smallest absolute Gasteiger partial charge is 0.335 e. The van der Waals surface area contributed by atoms with Crippen LogP contribution in [0.5, 0.6) is 0 Å². The van der Waals surface area contributed by atoms with E-state index >= 15 is 0 Å². The van der Waals surface area contributed by atoms with Crippen molar-refractivity contribution in [2.75, 3.05) is 6.54 Å². The molecule has 0 radical (unpaired) electrons. The largest absolute Gasteiger partial charge is 0.478 e. The minimum atomic E-state index is -0.795. The zero-order valence-electron chi connectivity index (χ0n) is 9.85. The summed E-state index contributed by atoms with van der Waals surface area (Å²) in [5.74, 6) is -0.795. The molecule has 0 amide bonds. The number of fused-ring (bicyclic) bond motifs is 1. The van der Waals surface area contributed by atoms with E-state index in [1.54, 1.807) is 6.08 Å². The second kappa shape index (κ2) is 4.27. The highest BCUT2D eigenvalue weighted by Gasteiger charge is 2.37. The Balaban J connectivity index is 1.85. The van der Waals surface area contributed by atoms with Crippen LogP contribution in [0.3, 0.4) is 0 Å². The molecule has 0 aromatic carbocycles. The summed E-state index contributed by atoms with van der Waals surface area (Å²) < 4.78 is 0. The van der Waals surface area contributed by atoms with Gasteiger partial charge >= 0.3 is 5.97 Å². The summed E-state index contributed by atoms with van der Waals surface area (Å²) in [6.07, 6.45) is 9.77. The lowest BCUT2D eigenvalue weighted by Gasteiger charge is -2.30. The van der Waals surface area contributed by atoms with Crippen molar-refractivity contribution < 1.29 is 9.90 Å². The predicted octanol–water partition coefficient (Wildman–Crippen LogP) is 1.46. The fourth-order valence-electron chi connectivity index (χ4n) is 3.30. The van der Waals surface area contributed by atoms with Crippen LogP contribution in [-0.4, -0.2) is 34.7 Å². The van der Waals surface area contributed by atoms with Gasteiger partial charge in [-0.2, -0.15) is 0 Å². The topological polar surface area (TPSA) is 52.6 Å². The summed E-state index contributed by atoms with van der Waals surface area (Å²) >= 11 is 0. The molecule has 0 aromatic rings. The molecule has 1 saturated carbocycles. The number of nitrogens with zero attached hydrogens (tertiary/aromatic N) is 1. The van der Waals surface area contributed by atoms with Gasteiger partial charge in [-0.25, -0.2) is 9.80 Å². The SMILES string of the molecule is O=C(O)C1=C2CNN(C3CCCC3)C2CC=C1. The number of hydrogen-bond acceptors (Lipinski definition) is 3. The van der Waals surface area contributed by atoms with Crippen LogP contribution in [-0.2, 0) is 4.79 Å². The molecule has 2 fully saturated rings. The molecule has 1 aliphatic heterocycles. The van der Waals surface area contributed by atoms with Gasteiger partial charge in [0.1, 0.15) is 0 Å². The molecule has 1 saturated heterocycles. The van der Waals surface area contributed by atoms with Crippen LogP contribution in [0.2, 0.25) is 0 Å². The van der Waals surface area contributed by atoms with Crippen molar-refractivity contribution in [1.82, 2.24) is 10.4 Å². The predicted molar refractivity (Wildman–Crippen MR) is 64.3 cm³/mol. The van der Waals surface area contributed by atoms with E-state index in [1.165, 1.54) is 25.7 Å². The lowest BCUT2D eigenvalue weighted by Crippen LogP contribution is -2.44. The lowest BCUT2D eigenvalue weighted by molar-refractivity contribution is -0.132. The molecule has 1 atom stereocenters. The molecule has 2 aliphatic carbocycles. The summed E-state index contributed by atoms with van der Waals surface area (Å²) in [4.78, 5) is 11.2. The van der Waals surface area contributed by atoms with Crippen molar-refractivity contribution in [2.24, 2.45) is 0 Å². The molecule has 1 unspecified atom stereocenters. The van der Waals surface area contributed by atoms with Crippen molar-refractivity contribution in [3.05, 3.63) is 23.3 Å². The maximum atomic E-state index is 11.2. The summed E-state index contributed by atoms with van der Waals surface area (Å²) in [5, 5.41) is 11.5. The molecule has 3 rings (SSSR count). The third-order valence-electron chi connectivity index (χ3n) is 4.13. The number of rotatable bonds is 2. The first-order valence-electron chi connectivity index (χ1n) is 6.42. The average Bonchev–Trinajstić information content (AvgIpc) is 2.96.